The van der Waals surface area contributed by atoms with Crippen LogP contribution in [-0.2, 0) is 4.79 Å². The summed E-state index contributed by atoms with van der Waals surface area (Å²) in [7, 11) is 1.60. The maximum absolute atomic E-state index is 12.7. The third-order valence-electron chi connectivity index (χ3n) is 5.20. The number of carbonyl (C=O) groups excluding carboxylic acids is 2. The van der Waals surface area contributed by atoms with Gasteiger partial charge in [-0.1, -0.05) is 35.9 Å². The molecule has 6 heteroatoms. The number of methoxy groups -OCH3 is 1. The number of fused-ring (bicyclic) bond motifs is 1. The molecule has 0 radical (unpaired) electrons. The quantitative estimate of drug-likeness (QED) is 0.680. The van der Waals surface area contributed by atoms with E-state index in [1.165, 1.54) is 0 Å². The Morgan fingerprint density at radius 3 is 2.76 bits per heavy atom. The molecule has 2 N–H and O–H groups in total. The highest BCUT2D eigenvalue weighted by atomic mass is 35.5. The van der Waals surface area contributed by atoms with Crippen molar-refractivity contribution >= 4 is 34.2 Å². The van der Waals surface area contributed by atoms with Gasteiger partial charge in [0.1, 0.15) is 11.8 Å². The minimum Gasteiger partial charge on any atom is -0.497 e. The molecule has 0 saturated carbocycles. The number of hydrogen-bond donors (Lipinski definition) is 2. The molecule has 1 fully saturated rings. The molecule has 5 nitrogen and oxygen atoms in total. The van der Waals surface area contributed by atoms with E-state index in [1.807, 2.05) is 42.5 Å². The fourth-order valence-electron chi connectivity index (χ4n) is 3.65. The molecule has 1 unspecified atom stereocenters. The van der Waals surface area contributed by atoms with Crippen LogP contribution in [0.3, 0.4) is 0 Å². The molecule has 1 heterocycles. The topological polar surface area (TPSA) is 67.4 Å². The van der Waals surface area contributed by atoms with Gasteiger partial charge >= 0.3 is 0 Å². The van der Waals surface area contributed by atoms with Gasteiger partial charge in [-0.05, 0) is 59.5 Å². The number of benzene rings is 3. The Hall–Kier alpha value is -3.05. The molecule has 0 aliphatic carbocycles. The molecule has 3 aromatic carbocycles. The monoisotopic (exact) mass is 408 g/mol. The Labute approximate surface area is 174 Å². The van der Waals surface area contributed by atoms with Gasteiger partial charge in [-0.25, -0.2) is 0 Å². The summed E-state index contributed by atoms with van der Waals surface area (Å²) in [6.07, 6.45) is 1.52. The van der Waals surface area contributed by atoms with Gasteiger partial charge in [0.2, 0.25) is 5.91 Å². The minimum absolute atomic E-state index is 0.123. The Morgan fingerprint density at radius 2 is 2.00 bits per heavy atom. The summed E-state index contributed by atoms with van der Waals surface area (Å²) in [6, 6.07) is 16.5. The Kier molecular flexibility index (Phi) is 5.41. The second kappa shape index (κ2) is 8.13. The smallest absolute Gasteiger partial charge is 0.251 e. The SMILES string of the molecule is COc1ccc(-c2cccc3cc(C(=O)NC4CCCNC4=O)ccc23)c(Cl)c1. The molecule has 29 heavy (non-hydrogen) atoms. The van der Waals surface area contributed by atoms with Crippen molar-refractivity contribution in [3.8, 4) is 16.9 Å². The Bertz CT molecular complexity index is 1100. The van der Waals surface area contributed by atoms with E-state index in [1.54, 1.807) is 19.2 Å². The highest BCUT2D eigenvalue weighted by molar-refractivity contribution is 6.34. The third kappa shape index (κ3) is 3.91. The summed E-state index contributed by atoms with van der Waals surface area (Å²) in [4.78, 5) is 24.6. The molecular formula is C23H21ClN2O3. The molecular weight excluding hydrogens is 388 g/mol. The summed E-state index contributed by atoms with van der Waals surface area (Å²) in [6.45, 7) is 0.665. The van der Waals surface area contributed by atoms with Gasteiger partial charge in [0.25, 0.3) is 5.91 Å². The van der Waals surface area contributed by atoms with Gasteiger partial charge in [-0.3, -0.25) is 9.59 Å². The lowest BCUT2D eigenvalue weighted by Gasteiger charge is -2.22. The molecule has 3 aromatic rings. The van der Waals surface area contributed by atoms with Crippen LogP contribution in [-0.4, -0.2) is 31.5 Å². The van der Waals surface area contributed by atoms with Crippen LogP contribution >= 0.6 is 11.6 Å². The molecule has 2 amide bonds. The van der Waals surface area contributed by atoms with Crippen LogP contribution in [0, 0.1) is 0 Å². The number of halogens is 1. The van der Waals surface area contributed by atoms with Gasteiger partial charge in [0.05, 0.1) is 12.1 Å². The largest absolute Gasteiger partial charge is 0.497 e. The van der Waals surface area contributed by atoms with Crippen LogP contribution in [0.25, 0.3) is 21.9 Å². The number of amides is 2. The van der Waals surface area contributed by atoms with Crippen LogP contribution in [0.4, 0.5) is 0 Å². The maximum atomic E-state index is 12.7. The van der Waals surface area contributed by atoms with Crippen molar-refractivity contribution in [3.63, 3.8) is 0 Å². The number of nitrogens with one attached hydrogen (secondary N) is 2. The zero-order valence-corrected chi connectivity index (χ0v) is 16.8. The van der Waals surface area contributed by atoms with E-state index in [2.05, 4.69) is 10.6 Å². The van der Waals surface area contributed by atoms with Crippen LogP contribution in [0.2, 0.25) is 5.02 Å². The van der Waals surface area contributed by atoms with Crippen molar-refractivity contribution in [1.29, 1.82) is 0 Å². The number of hydrogen-bond acceptors (Lipinski definition) is 3. The Morgan fingerprint density at radius 1 is 1.14 bits per heavy atom. The average molecular weight is 409 g/mol. The molecule has 148 valence electrons. The van der Waals surface area contributed by atoms with Crippen molar-refractivity contribution in [1.82, 2.24) is 10.6 Å². The van der Waals surface area contributed by atoms with Crippen molar-refractivity contribution in [2.24, 2.45) is 0 Å². The van der Waals surface area contributed by atoms with Gasteiger partial charge < -0.3 is 15.4 Å². The lowest BCUT2D eigenvalue weighted by Crippen LogP contribution is -2.50. The lowest BCUT2D eigenvalue weighted by atomic mass is 9.96. The van der Waals surface area contributed by atoms with Crippen molar-refractivity contribution in [2.75, 3.05) is 13.7 Å². The van der Waals surface area contributed by atoms with Gasteiger partial charge in [-0.2, -0.15) is 0 Å². The van der Waals surface area contributed by atoms with Gasteiger partial charge in [0, 0.05) is 17.7 Å². The Balaban J connectivity index is 1.66. The number of ether oxygens (including phenoxy) is 1. The first-order valence-electron chi connectivity index (χ1n) is 9.52. The normalized spacial score (nSPS) is 16.3. The summed E-state index contributed by atoms with van der Waals surface area (Å²) >= 11 is 6.46. The van der Waals surface area contributed by atoms with E-state index in [-0.39, 0.29) is 11.8 Å². The lowest BCUT2D eigenvalue weighted by molar-refractivity contribution is -0.124. The molecule has 0 spiro atoms. The zero-order chi connectivity index (χ0) is 20.4. The molecule has 1 saturated heterocycles. The number of carbonyl (C=O) groups is 2. The van der Waals surface area contributed by atoms with Crippen LogP contribution < -0.4 is 15.4 Å². The first-order chi connectivity index (χ1) is 14.1. The third-order valence-corrected chi connectivity index (χ3v) is 5.51. The minimum atomic E-state index is -0.476. The van der Waals surface area contributed by atoms with E-state index in [9.17, 15) is 9.59 Å². The first kappa shape index (κ1) is 19.3. The second-order valence-electron chi connectivity index (χ2n) is 7.05. The summed E-state index contributed by atoms with van der Waals surface area (Å²) in [5.41, 5.74) is 2.40. The maximum Gasteiger partial charge on any atom is 0.251 e. The van der Waals surface area contributed by atoms with Gasteiger partial charge in [-0.15, -0.1) is 0 Å². The molecule has 0 bridgehead atoms. The van der Waals surface area contributed by atoms with E-state index in [4.69, 9.17) is 16.3 Å². The second-order valence-corrected chi connectivity index (χ2v) is 7.45. The number of piperidine rings is 1. The number of rotatable bonds is 4. The van der Waals surface area contributed by atoms with Crippen LogP contribution in [0.15, 0.2) is 54.6 Å². The molecule has 1 atom stereocenters. The average Bonchev–Trinajstić information content (AvgIpc) is 2.74. The standard InChI is InChI=1S/C23H21ClN2O3/c1-29-16-8-10-19(20(24)13-16)18-5-2-4-14-12-15(7-9-17(14)18)22(27)26-21-6-3-11-25-23(21)28/h2,4-5,7-10,12-13,21H,3,6,11H2,1H3,(H,25,28)(H,26,27). The van der Waals surface area contributed by atoms with Crippen molar-refractivity contribution in [3.05, 3.63) is 65.2 Å². The van der Waals surface area contributed by atoms with Crippen LogP contribution in [0.5, 0.6) is 5.75 Å². The van der Waals surface area contributed by atoms with Crippen LogP contribution in [0.1, 0.15) is 23.2 Å². The van der Waals surface area contributed by atoms with E-state index in [0.717, 1.165) is 28.3 Å². The fraction of sp³-hybridized carbons (Fsp3) is 0.217. The molecule has 4 rings (SSSR count). The molecule has 0 aromatic heterocycles. The fourth-order valence-corrected chi connectivity index (χ4v) is 3.92. The highest BCUT2D eigenvalue weighted by Crippen LogP contribution is 2.35. The van der Waals surface area contributed by atoms with Gasteiger partial charge in [0.15, 0.2) is 0 Å². The van der Waals surface area contributed by atoms with E-state index >= 15 is 0 Å². The van der Waals surface area contributed by atoms with E-state index < -0.39 is 6.04 Å². The van der Waals surface area contributed by atoms with Crippen molar-refractivity contribution in [2.45, 2.75) is 18.9 Å². The predicted octanol–water partition coefficient (Wildman–Crippen LogP) is 4.18. The summed E-state index contributed by atoms with van der Waals surface area (Å²) in [5.74, 6) is 0.327. The first-order valence-corrected chi connectivity index (χ1v) is 9.90. The highest BCUT2D eigenvalue weighted by Gasteiger charge is 2.24. The van der Waals surface area contributed by atoms with E-state index in [0.29, 0.717) is 29.3 Å². The summed E-state index contributed by atoms with van der Waals surface area (Å²) in [5, 5.41) is 8.13. The molecule has 1 aliphatic rings. The predicted molar refractivity (Wildman–Crippen MR) is 114 cm³/mol. The molecule has 1 aliphatic heterocycles. The summed E-state index contributed by atoms with van der Waals surface area (Å²) < 4.78 is 5.23. The van der Waals surface area contributed by atoms with Crippen molar-refractivity contribution < 1.29 is 14.3 Å². The zero-order valence-electron chi connectivity index (χ0n) is 16.0.